The monoisotopic (exact) mass is 337 g/mol. The fourth-order valence-corrected chi connectivity index (χ4v) is 2.90. The number of hydrogen-bond acceptors (Lipinski definition) is 3. The molecule has 1 heterocycles. The topological polar surface area (TPSA) is 55.4 Å². The predicted molar refractivity (Wildman–Crippen MR) is 97.7 cm³/mol. The molecule has 0 aromatic rings. The van der Waals surface area contributed by atoms with Crippen molar-refractivity contribution in [1.29, 1.82) is 0 Å². The maximum Gasteiger partial charge on any atom is 0.328 e. The highest BCUT2D eigenvalue weighted by molar-refractivity contribution is 5.85. The zero-order chi connectivity index (χ0) is 17.5. The van der Waals surface area contributed by atoms with Crippen molar-refractivity contribution in [2.75, 3.05) is 6.61 Å². The Bertz CT molecular complexity index is 379. The van der Waals surface area contributed by atoms with Crippen LogP contribution < -0.4 is 5.32 Å². The molecular weight excluding hydrogens is 302 g/mol. The molecule has 1 amide bonds. The normalized spacial score (nSPS) is 17.4. The van der Waals surface area contributed by atoms with Gasteiger partial charge in [0.15, 0.2) is 0 Å². The van der Waals surface area contributed by atoms with Gasteiger partial charge < -0.3 is 10.1 Å². The van der Waals surface area contributed by atoms with Crippen LogP contribution >= 0.6 is 0 Å². The lowest BCUT2D eigenvalue weighted by Crippen LogP contribution is -2.37. The van der Waals surface area contributed by atoms with E-state index in [1.807, 2.05) is 0 Å². The van der Waals surface area contributed by atoms with Crippen LogP contribution in [0.5, 0.6) is 0 Å². The molecule has 0 spiro atoms. The van der Waals surface area contributed by atoms with Gasteiger partial charge >= 0.3 is 5.97 Å². The van der Waals surface area contributed by atoms with Crippen molar-refractivity contribution in [2.24, 2.45) is 0 Å². The van der Waals surface area contributed by atoms with Crippen molar-refractivity contribution in [1.82, 2.24) is 5.32 Å². The minimum Gasteiger partial charge on any atom is -0.464 e. The summed E-state index contributed by atoms with van der Waals surface area (Å²) in [6.45, 7) is 2.67. The van der Waals surface area contributed by atoms with E-state index in [2.05, 4.69) is 24.4 Å². The number of amides is 1. The average Bonchev–Trinajstić information content (AvgIpc) is 2.97. The van der Waals surface area contributed by atoms with Crippen molar-refractivity contribution < 1.29 is 14.3 Å². The molecule has 0 radical (unpaired) electrons. The Hall–Kier alpha value is -1.32. The minimum absolute atomic E-state index is 0.0233. The number of nitrogens with one attached hydrogen (secondary N) is 1. The third-order valence-electron chi connectivity index (χ3n) is 4.44. The summed E-state index contributed by atoms with van der Waals surface area (Å²) in [6.07, 6.45) is 19.2. The summed E-state index contributed by atoms with van der Waals surface area (Å²) in [7, 11) is 0. The number of rotatable bonds is 14. The molecule has 0 unspecified atom stereocenters. The highest BCUT2D eigenvalue weighted by Crippen LogP contribution is 2.10. The first-order chi connectivity index (χ1) is 11.7. The Morgan fingerprint density at radius 3 is 2.29 bits per heavy atom. The molecule has 4 nitrogen and oxygen atoms in total. The highest BCUT2D eigenvalue weighted by Gasteiger charge is 2.27. The standard InChI is InChI=1S/C20H35NO3/c1-2-3-4-5-6-7-8-9-10-11-12-13-14-15-19(22)21-18-16-17-24-20(18)23/h7-8,18H,2-6,9-17H2,1H3,(H,21,22)/t18-/m0/s1. The summed E-state index contributed by atoms with van der Waals surface area (Å²) >= 11 is 0. The molecule has 1 aliphatic heterocycles. The molecule has 1 aliphatic rings. The summed E-state index contributed by atoms with van der Waals surface area (Å²) in [5.41, 5.74) is 0. The molecule has 0 aromatic heterocycles. The molecule has 1 saturated heterocycles. The van der Waals surface area contributed by atoms with Crippen LogP contribution in [0.3, 0.4) is 0 Å². The Balaban J connectivity index is 1.84. The molecule has 1 N–H and O–H groups in total. The van der Waals surface area contributed by atoms with Gasteiger partial charge in [-0.05, 0) is 32.1 Å². The van der Waals surface area contributed by atoms with Gasteiger partial charge in [-0.2, -0.15) is 0 Å². The second kappa shape index (κ2) is 14.1. The SMILES string of the molecule is CCCCCCC=CCCCCCCCC(=O)N[C@H]1CCOC1=O. The fraction of sp³-hybridized carbons (Fsp3) is 0.800. The van der Waals surface area contributed by atoms with Gasteiger partial charge in [0.1, 0.15) is 6.04 Å². The predicted octanol–water partition coefficient (Wildman–Crippen LogP) is 4.68. The molecule has 1 rings (SSSR count). The number of ether oxygens (including phenoxy) is 1. The first-order valence-electron chi connectivity index (χ1n) is 9.85. The van der Waals surface area contributed by atoms with Crippen LogP contribution in [0.4, 0.5) is 0 Å². The molecule has 0 saturated carbocycles. The van der Waals surface area contributed by atoms with Gasteiger partial charge in [0.2, 0.25) is 5.91 Å². The summed E-state index contributed by atoms with van der Waals surface area (Å²) < 4.78 is 4.83. The first-order valence-corrected chi connectivity index (χ1v) is 9.85. The van der Waals surface area contributed by atoms with E-state index in [0.717, 1.165) is 12.8 Å². The Morgan fingerprint density at radius 1 is 1.04 bits per heavy atom. The molecule has 0 bridgehead atoms. The lowest BCUT2D eigenvalue weighted by atomic mass is 10.1. The smallest absolute Gasteiger partial charge is 0.328 e. The van der Waals surface area contributed by atoms with Gasteiger partial charge in [-0.15, -0.1) is 0 Å². The van der Waals surface area contributed by atoms with Crippen LogP contribution in [0.2, 0.25) is 0 Å². The number of esters is 1. The minimum atomic E-state index is -0.411. The van der Waals surface area contributed by atoms with Crippen LogP contribution in [0.15, 0.2) is 12.2 Å². The molecule has 1 atom stereocenters. The molecule has 138 valence electrons. The number of carbonyl (C=O) groups is 2. The maximum absolute atomic E-state index is 11.7. The Kier molecular flexibility index (Phi) is 12.1. The summed E-state index contributed by atoms with van der Waals surface area (Å²) in [5, 5.41) is 2.75. The quantitative estimate of drug-likeness (QED) is 0.284. The summed E-state index contributed by atoms with van der Waals surface area (Å²) in [5.74, 6) is -0.313. The van der Waals surface area contributed by atoms with Crippen LogP contribution in [0, 0.1) is 0 Å². The van der Waals surface area contributed by atoms with Crippen molar-refractivity contribution in [2.45, 2.75) is 96.4 Å². The van der Waals surface area contributed by atoms with Gasteiger partial charge in [0.25, 0.3) is 0 Å². The average molecular weight is 338 g/mol. The van der Waals surface area contributed by atoms with Crippen molar-refractivity contribution in [3.05, 3.63) is 12.2 Å². The molecule has 24 heavy (non-hydrogen) atoms. The number of hydrogen-bond donors (Lipinski definition) is 1. The van der Waals surface area contributed by atoms with Gasteiger partial charge in [-0.25, -0.2) is 4.79 Å². The molecular formula is C20H35NO3. The lowest BCUT2D eigenvalue weighted by Gasteiger charge is -2.08. The fourth-order valence-electron chi connectivity index (χ4n) is 2.90. The second-order valence-electron chi connectivity index (χ2n) is 6.70. The van der Waals surface area contributed by atoms with Gasteiger partial charge in [-0.3, -0.25) is 4.79 Å². The molecule has 0 aromatic carbocycles. The van der Waals surface area contributed by atoms with E-state index in [0.29, 0.717) is 19.4 Å². The van der Waals surface area contributed by atoms with Gasteiger partial charge in [0, 0.05) is 12.8 Å². The number of carbonyl (C=O) groups excluding carboxylic acids is 2. The van der Waals surface area contributed by atoms with Crippen LogP contribution in [0.1, 0.15) is 90.4 Å². The van der Waals surface area contributed by atoms with Gasteiger partial charge in [-0.1, -0.05) is 57.6 Å². The number of unbranched alkanes of at least 4 members (excludes halogenated alkanes) is 9. The van der Waals surface area contributed by atoms with E-state index in [4.69, 9.17) is 4.74 Å². The van der Waals surface area contributed by atoms with Crippen LogP contribution in [-0.2, 0) is 14.3 Å². The van der Waals surface area contributed by atoms with Crippen LogP contribution in [0.25, 0.3) is 0 Å². The maximum atomic E-state index is 11.7. The zero-order valence-electron chi connectivity index (χ0n) is 15.4. The van der Waals surface area contributed by atoms with E-state index < -0.39 is 6.04 Å². The van der Waals surface area contributed by atoms with Gasteiger partial charge in [0.05, 0.1) is 6.61 Å². The van der Waals surface area contributed by atoms with E-state index in [1.165, 1.54) is 57.8 Å². The number of allylic oxidation sites excluding steroid dienone is 2. The van der Waals surface area contributed by atoms with Crippen molar-refractivity contribution in [3.8, 4) is 0 Å². The van der Waals surface area contributed by atoms with Crippen molar-refractivity contribution in [3.63, 3.8) is 0 Å². The van der Waals surface area contributed by atoms with E-state index >= 15 is 0 Å². The largest absolute Gasteiger partial charge is 0.464 e. The Labute approximate surface area is 147 Å². The number of cyclic esters (lactones) is 1. The highest BCUT2D eigenvalue weighted by atomic mass is 16.5. The van der Waals surface area contributed by atoms with E-state index in [1.54, 1.807) is 0 Å². The summed E-state index contributed by atoms with van der Waals surface area (Å²) in [6, 6.07) is -0.411. The molecule has 0 aliphatic carbocycles. The first kappa shape index (κ1) is 20.7. The zero-order valence-corrected chi connectivity index (χ0v) is 15.4. The van der Waals surface area contributed by atoms with Crippen molar-refractivity contribution >= 4 is 11.9 Å². The Morgan fingerprint density at radius 2 is 1.67 bits per heavy atom. The summed E-state index contributed by atoms with van der Waals surface area (Å²) in [4.78, 5) is 23.0. The second-order valence-corrected chi connectivity index (χ2v) is 6.70. The third kappa shape index (κ3) is 10.5. The van der Waals surface area contributed by atoms with Crippen LogP contribution in [-0.4, -0.2) is 24.5 Å². The lowest BCUT2D eigenvalue weighted by molar-refractivity contribution is -0.141. The third-order valence-corrected chi connectivity index (χ3v) is 4.44. The van der Waals surface area contributed by atoms with E-state index in [9.17, 15) is 9.59 Å². The molecule has 1 fully saturated rings. The van der Waals surface area contributed by atoms with E-state index in [-0.39, 0.29) is 11.9 Å². The molecule has 4 heteroatoms.